The number of amides is 1. The summed E-state index contributed by atoms with van der Waals surface area (Å²) in [7, 11) is 0. The first-order valence-electron chi connectivity index (χ1n) is 10.6. The summed E-state index contributed by atoms with van der Waals surface area (Å²) in [6.45, 7) is 4.09. The van der Waals surface area contributed by atoms with Crippen LogP contribution in [0.2, 0.25) is 0 Å². The van der Waals surface area contributed by atoms with E-state index in [1.165, 1.54) is 37.4 Å². The molecule has 2 aromatic carbocycles. The fourth-order valence-corrected chi connectivity index (χ4v) is 5.04. The zero-order chi connectivity index (χ0) is 20.7. The van der Waals surface area contributed by atoms with Crippen molar-refractivity contribution in [1.29, 1.82) is 0 Å². The topological polar surface area (TPSA) is 59.8 Å². The van der Waals surface area contributed by atoms with Gasteiger partial charge in [0.2, 0.25) is 5.91 Å². The largest absolute Gasteiger partial charge is 0.325 e. The fraction of sp³-hybridized carbons (Fsp3) is 0.375. The minimum absolute atomic E-state index is 0.0329. The number of aromatic nitrogens is 3. The standard InChI is InChI=1S/C24H26N4OS/c1-15-12-16(2)14-19(13-15)25-23(29)21(17-6-4-3-5-7-17)30-24-27-26-22(18-8-9-18)28(24)20-10-11-20/h3-7,12-14,18,20-21H,8-11H2,1-2H3,(H,25,29). The van der Waals surface area contributed by atoms with Crippen LogP contribution in [-0.2, 0) is 4.79 Å². The van der Waals surface area contributed by atoms with Crippen molar-refractivity contribution in [2.45, 2.75) is 61.9 Å². The molecule has 0 radical (unpaired) electrons. The van der Waals surface area contributed by atoms with Gasteiger partial charge in [-0.25, -0.2) is 0 Å². The monoisotopic (exact) mass is 418 g/mol. The lowest BCUT2D eigenvalue weighted by molar-refractivity contribution is -0.115. The van der Waals surface area contributed by atoms with Crippen LogP contribution in [0.1, 0.15) is 65.4 Å². The normalized spacial score (nSPS) is 17.0. The van der Waals surface area contributed by atoms with Crippen molar-refractivity contribution < 1.29 is 4.79 Å². The second-order valence-corrected chi connectivity index (χ2v) is 9.56. The Morgan fingerprint density at radius 3 is 2.37 bits per heavy atom. The Bertz CT molecular complexity index is 1050. The Morgan fingerprint density at radius 1 is 1.03 bits per heavy atom. The minimum Gasteiger partial charge on any atom is -0.325 e. The number of anilines is 1. The number of rotatable bonds is 7. The molecule has 2 aliphatic carbocycles. The average molecular weight is 419 g/mol. The molecule has 5 nitrogen and oxygen atoms in total. The maximum atomic E-state index is 13.4. The first kappa shape index (κ1) is 19.4. The lowest BCUT2D eigenvalue weighted by Gasteiger charge is -2.18. The van der Waals surface area contributed by atoms with Gasteiger partial charge < -0.3 is 9.88 Å². The van der Waals surface area contributed by atoms with Crippen molar-refractivity contribution in [2.75, 3.05) is 5.32 Å². The van der Waals surface area contributed by atoms with E-state index in [-0.39, 0.29) is 11.2 Å². The lowest BCUT2D eigenvalue weighted by Crippen LogP contribution is -2.20. The molecule has 3 aromatic rings. The van der Waals surface area contributed by atoms with Gasteiger partial charge in [-0.3, -0.25) is 4.79 Å². The van der Waals surface area contributed by atoms with Crippen LogP contribution in [0, 0.1) is 13.8 Å². The molecule has 0 aliphatic heterocycles. The van der Waals surface area contributed by atoms with Gasteiger partial charge in [-0.2, -0.15) is 0 Å². The van der Waals surface area contributed by atoms with Gasteiger partial charge in [0.05, 0.1) is 0 Å². The number of benzene rings is 2. The van der Waals surface area contributed by atoms with Crippen molar-refractivity contribution in [2.24, 2.45) is 0 Å². The van der Waals surface area contributed by atoms with Gasteiger partial charge in [0.1, 0.15) is 11.1 Å². The number of carbonyl (C=O) groups is 1. The molecule has 0 spiro atoms. The van der Waals surface area contributed by atoms with Crippen LogP contribution in [0.4, 0.5) is 5.69 Å². The molecule has 6 heteroatoms. The third-order valence-electron chi connectivity index (χ3n) is 5.60. The summed E-state index contributed by atoms with van der Waals surface area (Å²) in [4.78, 5) is 13.4. The van der Waals surface area contributed by atoms with E-state index >= 15 is 0 Å². The molecule has 1 atom stereocenters. The molecule has 1 aromatic heterocycles. The van der Waals surface area contributed by atoms with E-state index < -0.39 is 0 Å². The summed E-state index contributed by atoms with van der Waals surface area (Å²) >= 11 is 1.52. The van der Waals surface area contributed by atoms with Gasteiger partial charge in [-0.1, -0.05) is 48.2 Å². The zero-order valence-corrected chi connectivity index (χ0v) is 18.2. The van der Waals surface area contributed by atoms with E-state index in [1.807, 2.05) is 56.3 Å². The van der Waals surface area contributed by atoms with Gasteiger partial charge in [-0.05, 0) is 68.4 Å². The van der Waals surface area contributed by atoms with Crippen LogP contribution in [-0.4, -0.2) is 20.7 Å². The Hall–Kier alpha value is -2.60. The van der Waals surface area contributed by atoms with Crippen LogP contribution < -0.4 is 5.32 Å². The number of nitrogens with one attached hydrogen (secondary N) is 1. The van der Waals surface area contributed by atoms with E-state index in [9.17, 15) is 4.79 Å². The summed E-state index contributed by atoms with van der Waals surface area (Å²) in [5.74, 6) is 1.63. The number of thioether (sulfide) groups is 1. The summed E-state index contributed by atoms with van der Waals surface area (Å²) in [6.07, 6.45) is 4.75. The quantitative estimate of drug-likeness (QED) is 0.509. The summed E-state index contributed by atoms with van der Waals surface area (Å²) < 4.78 is 2.31. The fourth-order valence-electron chi connectivity index (χ4n) is 3.93. The van der Waals surface area contributed by atoms with Crippen LogP contribution >= 0.6 is 11.8 Å². The molecule has 154 valence electrons. The Balaban J connectivity index is 1.45. The smallest absolute Gasteiger partial charge is 0.242 e. The SMILES string of the molecule is Cc1cc(C)cc(NC(=O)C(Sc2nnc(C3CC3)n2C2CC2)c2ccccc2)c1. The molecule has 5 rings (SSSR count). The van der Waals surface area contributed by atoms with Crippen molar-refractivity contribution in [3.05, 3.63) is 71.0 Å². The molecule has 1 amide bonds. The van der Waals surface area contributed by atoms with Crippen LogP contribution in [0.5, 0.6) is 0 Å². The Labute approximate surface area is 181 Å². The molecule has 2 fully saturated rings. The highest BCUT2D eigenvalue weighted by Crippen LogP contribution is 2.47. The first-order valence-corrected chi connectivity index (χ1v) is 11.5. The van der Waals surface area contributed by atoms with E-state index in [1.54, 1.807) is 0 Å². The van der Waals surface area contributed by atoms with Crippen LogP contribution in [0.3, 0.4) is 0 Å². The molecule has 0 bridgehead atoms. The second-order valence-electron chi connectivity index (χ2n) is 8.49. The van der Waals surface area contributed by atoms with E-state index in [4.69, 9.17) is 0 Å². The molecular weight excluding hydrogens is 392 g/mol. The molecule has 2 aliphatic rings. The van der Waals surface area contributed by atoms with E-state index in [0.29, 0.717) is 12.0 Å². The summed E-state index contributed by atoms with van der Waals surface area (Å²) in [5.41, 5.74) is 4.08. The number of hydrogen-bond donors (Lipinski definition) is 1. The minimum atomic E-state index is -0.388. The van der Waals surface area contributed by atoms with Gasteiger partial charge >= 0.3 is 0 Å². The molecule has 2 saturated carbocycles. The molecule has 1 heterocycles. The van der Waals surface area contributed by atoms with Gasteiger partial charge in [0.25, 0.3) is 0 Å². The highest BCUT2D eigenvalue weighted by atomic mass is 32.2. The van der Waals surface area contributed by atoms with Crippen LogP contribution in [0.15, 0.2) is 53.7 Å². The number of carbonyl (C=O) groups excluding carboxylic acids is 1. The highest BCUT2D eigenvalue weighted by molar-refractivity contribution is 8.00. The number of aryl methyl sites for hydroxylation is 2. The zero-order valence-electron chi connectivity index (χ0n) is 17.3. The van der Waals surface area contributed by atoms with Gasteiger partial charge in [0.15, 0.2) is 5.16 Å². The average Bonchev–Trinajstić information content (AvgIpc) is 3.64. The van der Waals surface area contributed by atoms with Crippen molar-refractivity contribution in [3.8, 4) is 0 Å². The molecule has 1 unspecified atom stereocenters. The molecule has 30 heavy (non-hydrogen) atoms. The predicted octanol–water partition coefficient (Wildman–Crippen LogP) is 5.58. The first-order chi connectivity index (χ1) is 14.6. The Morgan fingerprint density at radius 2 is 1.73 bits per heavy atom. The van der Waals surface area contributed by atoms with Crippen molar-refractivity contribution >= 4 is 23.4 Å². The molecule has 0 saturated heterocycles. The second kappa shape index (κ2) is 7.91. The van der Waals surface area contributed by atoms with Crippen molar-refractivity contribution in [1.82, 2.24) is 14.8 Å². The maximum absolute atomic E-state index is 13.4. The van der Waals surface area contributed by atoms with Crippen LogP contribution in [0.25, 0.3) is 0 Å². The number of nitrogens with zero attached hydrogens (tertiary/aromatic N) is 3. The number of hydrogen-bond acceptors (Lipinski definition) is 4. The Kier molecular flexibility index (Phi) is 5.11. The predicted molar refractivity (Wildman–Crippen MR) is 120 cm³/mol. The van der Waals surface area contributed by atoms with Gasteiger partial charge in [-0.15, -0.1) is 10.2 Å². The third kappa shape index (κ3) is 4.15. The summed E-state index contributed by atoms with van der Waals surface area (Å²) in [5, 5.41) is 12.6. The van der Waals surface area contributed by atoms with Gasteiger partial charge in [0, 0.05) is 17.6 Å². The summed E-state index contributed by atoms with van der Waals surface area (Å²) in [6, 6.07) is 16.6. The third-order valence-corrected chi connectivity index (χ3v) is 6.81. The highest BCUT2D eigenvalue weighted by Gasteiger charge is 2.37. The molecule has 1 N–H and O–H groups in total. The van der Waals surface area contributed by atoms with E-state index in [2.05, 4.69) is 26.1 Å². The molecular formula is C24H26N4OS. The maximum Gasteiger partial charge on any atom is 0.242 e. The van der Waals surface area contributed by atoms with E-state index in [0.717, 1.165) is 33.4 Å². The lowest BCUT2D eigenvalue weighted by atomic mass is 10.1. The van der Waals surface area contributed by atoms with Crippen molar-refractivity contribution in [3.63, 3.8) is 0 Å².